The van der Waals surface area contributed by atoms with Crippen molar-refractivity contribution in [3.8, 4) is 12.3 Å². The number of terminal acetylenes is 1. The first kappa shape index (κ1) is 15.1. The molecule has 0 aromatic rings. The van der Waals surface area contributed by atoms with Gasteiger partial charge in [-0.15, -0.1) is 12.3 Å². The number of carbonyl (C=O) groups excluding carboxylic acids is 1. The molecule has 0 aromatic heterocycles. The van der Waals surface area contributed by atoms with E-state index in [0.29, 0.717) is 5.41 Å². The van der Waals surface area contributed by atoms with E-state index in [1.807, 2.05) is 0 Å². The van der Waals surface area contributed by atoms with Crippen LogP contribution in [-0.2, 0) is 4.79 Å². The topological polar surface area (TPSA) is 29.1 Å². The molecular formula is C16H27NO. The smallest absolute Gasteiger partial charge is 0.223 e. The number of unbranched alkanes of at least 4 members (excludes halogenated alkanes) is 1. The van der Waals surface area contributed by atoms with E-state index in [1.165, 1.54) is 12.8 Å². The van der Waals surface area contributed by atoms with Crippen molar-refractivity contribution in [1.29, 1.82) is 0 Å². The summed E-state index contributed by atoms with van der Waals surface area (Å²) < 4.78 is 0. The molecule has 1 N–H and O–H groups in total. The van der Waals surface area contributed by atoms with Crippen LogP contribution in [0.25, 0.3) is 0 Å². The van der Waals surface area contributed by atoms with Crippen molar-refractivity contribution in [2.45, 2.75) is 59.3 Å². The molecule has 0 bridgehead atoms. The molecule has 0 aromatic carbocycles. The highest BCUT2D eigenvalue weighted by Gasteiger charge is 2.32. The second kappa shape index (κ2) is 6.83. The summed E-state index contributed by atoms with van der Waals surface area (Å²) in [6.07, 6.45) is 11.3. The largest absolute Gasteiger partial charge is 0.356 e. The summed E-state index contributed by atoms with van der Waals surface area (Å²) in [5, 5.41) is 3.01. The third-order valence-corrected chi connectivity index (χ3v) is 4.12. The van der Waals surface area contributed by atoms with E-state index in [2.05, 4.69) is 32.0 Å². The van der Waals surface area contributed by atoms with Gasteiger partial charge in [-0.3, -0.25) is 4.79 Å². The van der Waals surface area contributed by atoms with Gasteiger partial charge in [0.25, 0.3) is 0 Å². The number of hydrogen-bond donors (Lipinski definition) is 1. The van der Waals surface area contributed by atoms with Crippen LogP contribution in [0, 0.1) is 29.6 Å². The number of rotatable bonds is 4. The molecule has 102 valence electrons. The van der Waals surface area contributed by atoms with Crippen LogP contribution in [0.1, 0.15) is 59.3 Å². The van der Waals surface area contributed by atoms with Crippen molar-refractivity contribution in [2.24, 2.45) is 17.3 Å². The lowest BCUT2D eigenvalue weighted by Gasteiger charge is -2.36. The highest BCUT2D eigenvalue weighted by molar-refractivity contribution is 5.78. The zero-order valence-corrected chi connectivity index (χ0v) is 12.1. The van der Waals surface area contributed by atoms with Gasteiger partial charge in [-0.2, -0.15) is 0 Å². The van der Waals surface area contributed by atoms with Crippen molar-refractivity contribution in [2.75, 3.05) is 6.54 Å². The molecular weight excluding hydrogens is 222 g/mol. The molecule has 1 aliphatic rings. The molecule has 0 unspecified atom stereocenters. The van der Waals surface area contributed by atoms with Gasteiger partial charge >= 0.3 is 0 Å². The first-order valence-electron chi connectivity index (χ1n) is 7.16. The van der Waals surface area contributed by atoms with Crippen LogP contribution in [0.2, 0.25) is 0 Å². The van der Waals surface area contributed by atoms with Crippen LogP contribution in [0.4, 0.5) is 0 Å². The molecule has 0 saturated heterocycles. The Bertz CT molecular complexity index is 300. The third kappa shape index (κ3) is 4.72. The average Bonchev–Trinajstić information content (AvgIpc) is 2.33. The predicted octanol–water partition coefficient (Wildman–Crippen LogP) is 3.37. The highest BCUT2D eigenvalue weighted by Crippen LogP contribution is 2.39. The van der Waals surface area contributed by atoms with Gasteiger partial charge in [0, 0.05) is 18.9 Å². The van der Waals surface area contributed by atoms with Gasteiger partial charge in [0.2, 0.25) is 5.91 Å². The monoisotopic (exact) mass is 249 g/mol. The summed E-state index contributed by atoms with van der Waals surface area (Å²) in [4.78, 5) is 12.0. The number of amides is 1. The Balaban J connectivity index is 2.26. The lowest BCUT2D eigenvalue weighted by molar-refractivity contribution is -0.126. The summed E-state index contributed by atoms with van der Waals surface area (Å²) in [5.41, 5.74) is 0.383. The fourth-order valence-corrected chi connectivity index (χ4v) is 2.77. The van der Waals surface area contributed by atoms with Gasteiger partial charge in [-0.1, -0.05) is 20.8 Å². The summed E-state index contributed by atoms with van der Waals surface area (Å²) >= 11 is 0. The van der Waals surface area contributed by atoms with Crippen molar-refractivity contribution in [1.82, 2.24) is 5.32 Å². The van der Waals surface area contributed by atoms with Crippen LogP contribution in [0.15, 0.2) is 0 Å². The van der Waals surface area contributed by atoms with E-state index in [4.69, 9.17) is 6.42 Å². The van der Waals surface area contributed by atoms with Gasteiger partial charge in [0.15, 0.2) is 0 Å². The Morgan fingerprint density at radius 3 is 2.39 bits per heavy atom. The van der Waals surface area contributed by atoms with Gasteiger partial charge in [-0.25, -0.2) is 0 Å². The molecule has 1 aliphatic carbocycles. The maximum absolute atomic E-state index is 12.0. The SMILES string of the molecule is C#CCCCNC(=O)C1CCC(C(C)(C)C)CC1. The minimum Gasteiger partial charge on any atom is -0.356 e. The van der Waals surface area contributed by atoms with Gasteiger partial charge in [0.1, 0.15) is 0 Å². The number of hydrogen-bond acceptors (Lipinski definition) is 1. The standard InChI is InChI=1S/C16H27NO/c1-5-6-7-12-17-15(18)13-8-10-14(11-9-13)16(2,3)4/h1,13-14H,6-12H2,2-4H3,(H,17,18). The van der Waals surface area contributed by atoms with Crippen molar-refractivity contribution in [3.05, 3.63) is 0 Å². The number of nitrogens with one attached hydrogen (secondary N) is 1. The number of carbonyl (C=O) groups is 1. The van der Waals surface area contributed by atoms with E-state index >= 15 is 0 Å². The minimum atomic E-state index is 0.231. The summed E-state index contributed by atoms with van der Waals surface area (Å²) in [7, 11) is 0. The van der Waals surface area contributed by atoms with E-state index in [1.54, 1.807) is 0 Å². The summed E-state index contributed by atoms with van der Waals surface area (Å²) in [6.45, 7) is 7.63. The zero-order chi connectivity index (χ0) is 13.6. The molecule has 1 rings (SSSR count). The quantitative estimate of drug-likeness (QED) is 0.600. The second-order valence-corrected chi connectivity index (χ2v) is 6.51. The Morgan fingerprint density at radius 2 is 1.89 bits per heavy atom. The molecule has 0 heterocycles. The van der Waals surface area contributed by atoms with Crippen molar-refractivity contribution < 1.29 is 4.79 Å². The molecule has 0 atom stereocenters. The molecule has 18 heavy (non-hydrogen) atoms. The fourth-order valence-electron chi connectivity index (χ4n) is 2.77. The van der Waals surface area contributed by atoms with Crippen LogP contribution in [-0.4, -0.2) is 12.5 Å². The first-order valence-corrected chi connectivity index (χ1v) is 7.16. The normalized spacial score (nSPS) is 24.3. The molecule has 2 nitrogen and oxygen atoms in total. The fraction of sp³-hybridized carbons (Fsp3) is 0.812. The minimum absolute atomic E-state index is 0.231. The van der Waals surface area contributed by atoms with Gasteiger partial charge in [0.05, 0.1) is 0 Å². The Labute approximate surface area is 112 Å². The predicted molar refractivity (Wildman–Crippen MR) is 76.0 cm³/mol. The molecule has 0 spiro atoms. The van der Waals surface area contributed by atoms with Crippen LogP contribution < -0.4 is 5.32 Å². The summed E-state index contributed by atoms with van der Waals surface area (Å²) in [5.74, 6) is 3.83. The molecule has 0 aliphatic heterocycles. The zero-order valence-electron chi connectivity index (χ0n) is 12.1. The van der Waals surface area contributed by atoms with Crippen molar-refractivity contribution >= 4 is 5.91 Å². The maximum atomic E-state index is 12.0. The molecule has 1 fully saturated rings. The average molecular weight is 249 g/mol. The Kier molecular flexibility index (Phi) is 5.72. The second-order valence-electron chi connectivity index (χ2n) is 6.51. The van der Waals surface area contributed by atoms with Gasteiger partial charge < -0.3 is 5.32 Å². The molecule has 2 heteroatoms. The van der Waals surface area contributed by atoms with E-state index in [-0.39, 0.29) is 11.8 Å². The summed E-state index contributed by atoms with van der Waals surface area (Å²) in [6, 6.07) is 0. The van der Waals surface area contributed by atoms with Crippen molar-refractivity contribution in [3.63, 3.8) is 0 Å². The Morgan fingerprint density at radius 1 is 1.28 bits per heavy atom. The first-order chi connectivity index (χ1) is 8.45. The highest BCUT2D eigenvalue weighted by atomic mass is 16.1. The third-order valence-electron chi connectivity index (χ3n) is 4.12. The molecule has 0 radical (unpaired) electrons. The van der Waals surface area contributed by atoms with E-state index in [0.717, 1.165) is 38.1 Å². The lowest BCUT2D eigenvalue weighted by Crippen LogP contribution is -2.35. The van der Waals surface area contributed by atoms with Crippen LogP contribution in [0.3, 0.4) is 0 Å². The van der Waals surface area contributed by atoms with Crippen LogP contribution >= 0.6 is 0 Å². The molecule has 1 saturated carbocycles. The molecule has 1 amide bonds. The van der Waals surface area contributed by atoms with E-state index in [9.17, 15) is 4.79 Å². The Hall–Kier alpha value is -0.970. The van der Waals surface area contributed by atoms with Crippen LogP contribution in [0.5, 0.6) is 0 Å². The van der Waals surface area contributed by atoms with E-state index < -0.39 is 0 Å². The lowest BCUT2D eigenvalue weighted by atomic mass is 9.69. The maximum Gasteiger partial charge on any atom is 0.223 e. The van der Waals surface area contributed by atoms with Gasteiger partial charge in [-0.05, 0) is 43.4 Å².